The standard InChI is InChI=1S/C24H27N5O4/c1-5-18-17-10-20(30)19-9-15(31-3)12-29(19)23(17)28-24(27-18)26-14-6-7-16(21(8-14)32-4)22-11-25-13(2)33-22/h6-8,11,15,19H,5,9-10,12H2,1-4H3,(H,26,27,28). The number of aryl methyl sites for hydroxylation is 2. The van der Waals surface area contributed by atoms with E-state index in [0.717, 1.165) is 28.3 Å². The Morgan fingerprint density at radius 3 is 2.82 bits per heavy atom. The monoisotopic (exact) mass is 449 g/mol. The average Bonchev–Trinajstić information content (AvgIpc) is 3.46. The van der Waals surface area contributed by atoms with Crippen molar-refractivity contribution >= 4 is 23.2 Å². The van der Waals surface area contributed by atoms with Gasteiger partial charge in [0.1, 0.15) is 11.6 Å². The second kappa shape index (κ2) is 8.47. The number of ether oxygens (including phenoxy) is 2. The van der Waals surface area contributed by atoms with Gasteiger partial charge in [-0.3, -0.25) is 4.79 Å². The summed E-state index contributed by atoms with van der Waals surface area (Å²) in [5.74, 6) is 3.42. The maximum Gasteiger partial charge on any atom is 0.229 e. The number of carbonyl (C=O) groups is 1. The lowest BCUT2D eigenvalue weighted by molar-refractivity contribution is -0.120. The van der Waals surface area contributed by atoms with Gasteiger partial charge >= 0.3 is 0 Å². The first-order valence-electron chi connectivity index (χ1n) is 11.1. The Morgan fingerprint density at radius 2 is 2.12 bits per heavy atom. The molecular weight excluding hydrogens is 422 g/mol. The number of oxazole rings is 1. The van der Waals surface area contributed by atoms with Crippen molar-refractivity contribution in [2.24, 2.45) is 0 Å². The molecule has 2 aromatic heterocycles. The lowest BCUT2D eigenvalue weighted by Gasteiger charge is -2.32. The average molecular weight is 450 g/mol. The van der Waals surface area contributed by atoms with Crippen LogP contribution in [0.25, 0.3) is 11.3 Å². The summed E-state index contributed by atoms with van der Waals surface area (Å²) in [6, 6.07) is 5.54. The predicted octanol–water partition coefficient (Wildman–Crippen LogP) is 3.47. The normalized spacial score (nSPS) is 19.4. The van der Waals surface area contributed by atoms with Crippen molar-refractivity contribution in [3.8, 4) is 17.1 Å². The van der Waals surface area contributed by atoms with Crippen LogP contribution in [-0.4, -0.2) is 53.6 Å². The lowest BCUT2D eigenvalue weighted by atomic mass is 9.95. The molecule has 2 atom stereocenters. The van der Waals surface area contributed by atoms with E-state index in [1.165, 1.54) is 0 Å². The maximum atomic E-state index is 12.8. The molecule has 1 N–H and O–H groups in total. The van der Waals surface area contributed by atoms with E-state index in [1.807, 2.05) is 25.1 Å². The number of Topliss-reactive ketones (excluding diaryl/α,β-unsaturated/α-hetero) is 1. The van der Waals surface area contributed by atoms with Gasteiger partial charge in [-0.15, -0.1) is 0 Å². The molecule has 1 aromatic carbocycles. The molecule has 0 amide bonds. The molecule has 0 spiro atoms. The number of anilines is 3. The van der Waals surface area contributed by atoms with E-state index in [0.29, 0.717) is 49.2 Å². The number of hydrogen-bond acceptors (Lipinski definition) is 9. The summed E-state index contributed by atoms with van der Waals surface area (Å²) in [6.07, 6.45) is 3.49. The van der Waals surface area contributed by atoms with Gasteiger partial charge in [0.15, 0.2) is 17.4 Å². The zero-order chi connectivity index (χ0) is 23.1. The lowest BCUT2D eigenvalue weighted by Crippen LogP contribution is -2.42. The number of methoxy groups -OCH3 is 2. The van der Waals surface area contributed by atoms with Crippen LogP contribution in [0.1, 0.15) is 30.5 Å². The van der Waals surface area contributed by atoms with Crippen molar-refractivity contribution in [1.29, 1.82) is 0 Å². The van der Waals surface area contributed by atoms with Crippen LogP contribution >= 0.6 is 0 Å². The second-order valence-corrected chi connectivity index (χ2v) is 8.34. The Hall–Kier alpha value is -3.46. The minimum absolute atomic E-state index is 0.0258. The number of rotatable bonds is 6. The molecule has 172 valence electrons. The molecule has 3 aromatic rings. The van der Waals surface area contributed by atoms with Crippen molar-refractivity contribution in [3.63, 3.8) is 0 Å². The van der Waals surface area contributed by atoms with Crippen LogP contribution in [0.4, 0.5) is 17.5 Å². The van der Waals surface area contributed by atoms with Gasteiger partial charge < -0.3 is 24.1 Å². The third-order valence-corrected chi connectivity index (χ3v) is 6.34. The molecular formula is C24H27N5O4. The van der Waals surface area contributed by atoms with Crippen LogP contribution in [-0.2, 0) is 22.4 Å². The topological polar surface area (TPSA) is 103 Å². The third kappa shape index (κ3) is 3.82. The highest BCUT2D eigenvalue weighted by Crippen LogP contribution is 2.37. The zero-order valence-electron chi connectivity index (χ0n) is 19.2. The fourth-order valence-corrected chi connectivity index (χ4v) is 4.67. The van der Waals surface area contributed by atoms with E-state index in [4.69, 9.17) is 23.9 Å². The predicted molar refractivity (Wildman–Crippen MR) is 123 cm³/mol. The van der Waals surface area contributed by atoms with E-state index in [9.17, 15) is 4.79 Å². The van der Waals surface area contributed by atoms with E-state index < -0.39 is 0 Å². The Labute approximate surface area is 192 Å². The summed E-state index contributed by atoms with van der Waals surface area (Å²) in [4.78, 5) is 28.6. The molecule has 2 aliphatic rings. The van der Waals surface area contributed by atoms with Gasteiger partial charge in [-0.25, -0.2) is 9.97 Å². The second-order valence-electron chi connectivity index (χ2n) is 8.34. The van der Waals surface area contributed by atoms with Crippen molar-refractivity contribution in [1.82, 2.24) is 15.0 Å². The highest BCUT2D eigenvalue weighted by Gasteiger charge is 2.42. The fourth-order valence-electron chi connectivity index (χ4n) is 4.67. The Bertz CT molecular complexity index is 1210. The van der Waals surface area contributed by atoms with E-state index in [2.05, 4.69) is 15.2 Å². The molecule has 0 radical (unpaired) electrons. The number of fused-ring (bicyclic) bond motifs is 3. The number of ketones is 1. The van der Waals surface area contributed by atoms with Crippen LogP contribution in [0.3, 0.4) is 0 Å². The third-order valence-electron chi connectivity index (χ3n) is 6.34. The van der Waals surface area contributed by atoms with Gasteiger partial charge in [-0.1, -0.05) is 6.92 Å². The number of carbonyl (C=O) groups excluding carboxylic acids is 1. The first-order valence-corrected chi connectivity index (χ1v) is 11.1. The van der Waals surface area contributed by atoms with E-state index in [1.54, 1.807) is 27.3 Å². The smallest absolute Gasteiger partial charge is 0.229 e. The molecule has 2 unspecified atom stereocenters. The molecule has 2 aliphatic heterocycles. The van der Waals surface area contributed by atoms with Crippen LogP contribution in [0.15, 0.2) is 28.8 Å². The van der Waals surface area contributed by atoms with Gasteiger partial charge in [0.2, 0.25) is 5.95 Å². The molecule has 9 heteroatoms. The first-order chi connectivity index (χ1) is 16.0. The fraction of sp³-hybridized carbons (Fsp3) is 0.417. The molecule has 0 bridgehead atoms. The molecule has 0 saturated carbocycles. The van der Waals surface area contributed by atoms with Crippen LogP contribution in [0.5, 0.6) is 5.75 Å². The van der Waals surface area contributed by atoms with Crippen molar-refractivity contribution < 1.29 is 18.7 Å². The van der Waals surface area contributed by atoms with Crippen LogP contribution in [0, 0.1) is 6.92 Å². The highest BCUT2D eigenvalue weighted by molar-refractivity contribution is 5.94. The summed E-state index contributed by atoms with van der Waals surface area (Å²) < 4.78 is 16.8. The minimum Gasteiger partial charge on any atom is -0.496 e. The van der Waals surface area contributed by atoms with Crippen LogP contribution < -0.4 is 15.0 Å². The number of nitrogens with one attached hydrogen (secondary N) is 1. The largest absolute Gasteiger partial charge is 0.496 e. The summed E-state index contributed by atoms with van der Waals surface area (Å²) in [5.41, 5.74) is 3.41. The highest BCUT2D eigenvalue weighted by atomic mass is 16.5. The molecule has 9 nitrogen and oxygen atoms in total. The number of benzene rings is 1. The Kier molecular flexibility index (Phi) is 5.49. The summed E-state index contributed by atoms with van der Waals surface area (Å²) >= 11 is 0. The molecule has 1 fully saturated rings. The summed E-state index contributed by atoms with van der Waals surface area (Å²) in [5, 5.41) is 3.31. The Balaban J connectivity index is 1.49. The van der Waals surface area contributed by atoms with E-state index in [-0.39, 0.29) is 17.9 Å². The van der Waals surface area contributed by atoms with E-state index >= 15 is 0 Å². The van der Waals surface area contributed by atoms with Crippen molar-refractivity contribution in [3.05, 3.63) is 41.5 Å². The van der Waals surface area contributed by atoms with Crippen molar-refractivity contribution in [2.45, 2.75) is 45.3 Å². The SMILES string of the molecule is CCc1nc(Nc2ccc(-c3cnc(C)o3)c(OC)c2)nc2c1CC(=O)C1CC(OC)CN21. The number of hydrogen-bond donors (Lipinski definition) is 1. The van der Waals surface area contributed by atoms with Gasteiger partial charge in [0.05, 0.1) is 36.7 Å². The molecule has 5 rings (SSSR count). The summed E-state index contributed by atoms with van der Waals surface area (Å²) in [7, 11) is 3.31. The van der Waals surface area contributed by atoms with Gasteiger partial charge in [0.25, 0.3) is 0 Å². The van der Waals surface area contributed by atoms with Gasteiger partial charge in [-0.05, 0) is 18.6 Å². The first kappa shape index (κ1) is 21.4. The van der Waals surface area contributed by atoms with Crippen LogP contribution in [0.2, 0.25) is 0 Å². The van der Waals surface area contributed by atoms with Crippen molar-refractivity contribution in [2.75, 3.05) is 31.0 Å². The molecule has 4 heterocycles. The molecule has 1 saturated heterocycles. The zero-order valence-corrected chi connectivity index (χ0v) is 19.2. The number of aromatic nitrogens is 3. The molecule has 33 heavy (non-hydrogen) atoms. The summed E-state index contributed by atoms with van der Waals surface area (Å²) in [6.45, 7) is 4.50. The molecule has 0 aliphatic carbocycles. The number of nitrogens with zero attached hydrogens (tertiary/aromatic N) is 4. The minimum atomic E-state index is -0.181. The quantitative estimate of drug-likeness (QED) is 0.606. The van der Waals surface area contributed by atoms with Gasteiger partial charge in [0, 0.05) is 50.7 Å². The van der Waals surface area contributed by atoms with Gasteiger partial charge in [-0.2, -0.15) is 4.98 Å². The maximum absolute atomic E-state index is 12.8. The Morgan fingerprint density at radius 1 is 1.27 bits per heavy atom.